The number of aliphatic imine (C=N–C) groups is 1. The Balaban J connectivity index is 3.29. The van der Waals surface area contributed by atoms with Gasteiger partial charge < -0.3 is 0 Å². The van der Waals surface area contributed by atoms with Crippen LogP contribution < -0.4 is 0 Å². The lowest BCUT2D eigenvalue weighted by molar-refractivity contribution is 0.561. The van der Waals surface area contributed by atoms with Gasteiger partial charge in [-0.1, -0.05) is 31.6 Å². The Labute approximate surface area is 80.1 Å². The molecule has 0 aliphatic rings. The van der Waals surface area contributed by atoms with Crippen LogP contribution in [0, 0.1) is 0 Å². The molecule has 1 nitrogen and oxygen atoms in total. The van der Waals surface area contributed by atoms with Gasteiger partial charge in [0, 0.05) is 12.4 Å². The van der Waals surface area contributed by atoms with Gasteiger partial charge in [-0.3, -0.25) is 4.99 Å². The van der Waals surface area contributed by atoms with Crippen molar-refractivity contribution in [3.8, 4) is 0 Å². The Morgan fingerprint density at radius 1 is 1.23 bits per heavy atom. The molecule has 0 heterocycles. The molecule has 0 aliphatic heterocycles. The van der Waals surface area contributed by atoms with E-state index in [-0.39, 0.29) is 6.67 Å². The lowest BCUT2D eigenvalue weighted by atomic mass is 10.3. The van der Waals surface area contributed by atoms with Crippen molar-refractivity contribution in [1.29, 1.82) is 0 Å². The first-order valence-corrected chi connectivity index (χ1v) is 4.79. The number of hydrogen-bond donors (Lipinski definition) is 0. The van der Waals surface area contributed by atoms with Gasteiger partial charge in [-0.25, -0.2) is 4.39 Å². The van der Waals surface area contributed by atoms with Crippen LogP contribution in [0.2, 0.25) is 0 Å². The third kappa shape index (κ3) is 11.1. The zero-order valence-corrected chi connectivity index (χ0v) is 8.25. The van der Waals surface area contributed by atoms with Crippen LogP contribution in [0.1, 0.15) is 32.6 Å². The molecule has 0 aromatic rings. The minimum atomic E-state index is -0.381. The zero-order valence-electron chi connectivity index (χ0n) is 8.25. The Morgan fingerprint density at radius 2 is 2.08 bits per heavy atom. The molecule has 0 saturated carbocycles. The van der Waals surface area contributed by atoms with Gasteiger partial charge in [0.1, 0.15) is 6.67 Å². The van der Waals surface area contributed by atoms with Crippen LogP contribution >= 0.6 is 0 Å². The smallest absolute Gasteiger partial charge is 0.108 e. The minimum absolute atomic E-state index is 0.381. The Hall–Kier alpha value is -0.920. The summed E-state index contributed by atoms with van der Waals surface area (Å²) >= 11 is 0. The molecule has 0 radical (unpaired) electrons. The number of halogens is 1. The van der Waals surface area contributed by atoms with Crippen LogP contribution in [0.4, 0.5) is 4.39 Å². The summed E-state index contributed by atoms with van der Waals surface area (Å²) in [5.41, 5.74) is 0. The second-order valence-corrected chi connectivity index (χ2v) is 2.72. The molecule has 0 aliphatic carbocycles. The van der Waals surface area contributed by atoms with Gasteiger partial charge in [0.25, 0.3) is 0 Å². The Bertz CT molecular complexity index is 171. The topological polar surface area (TPSA) is 12.4 Å². The van der Waals surface area contributed by atoms with Crippen molar-refractivity contribution in [2.75, 3.05) is 6.67 Å². The van der Waals surface area contributed by atoms with Crippen LogP contribution in [0.25, 0.3) is 0 Å². The summed E-state index contributed by atoms with van der Waals surface area (Å²) in [5, 5.41) is 0. The normalized spacial score (nSPS) is 12.5. The standard InChI is InChI=1S/C11H18FN/c1-2-3-7-10-13-11-8-5-4-6-9-12/h4,6,8,10-11H,2-3,5,7,9H2,1H3/b6-4-,11-8+,13-10?. The van der Waals surface area contributed by atoms with E-state index >= 15 is 0 Å². The van der Waals surface area contributed by atoms with Crippen LogP contribution in [0.15, 0.2) is 29.4 Å². The SMILES string of the molecule is CCCCC=N/C=C/C/C=C\CF. The summed E-state index contributed by atoms with van der Waals surface area (Å²) < 4.78 is 11.6. The van der Waals surface area contributed by atoms with Crippen molar-refractivity contribution in [1.82, 2.24) is 0 Å². The molecule has 0 aromatic carbocycles. The van der Waals surface area contributed by atoms with Gasteiger partial charge in [-0.05, 0) is 19.3 Å². The first-order valence-electron chi connectivity index (χ1n) is 4.79. The molecule has 13 heavy (non-hydrogen) atoms. The first kappa shape index (κ1) is 12.1. The van der Waals surface area contributed by atoms with Gasteiger partial charge in [0.15, 0.2) is 0 Å². The lowest BCUT2D eigenvalue weighted by Crippen LogP contribution is -1.72. The number of allylic oxidation sites excluding steroid dienone is 3. The third-order valence-electron chi connectivity index (χ3n) is 1.51. The Kier molecular flexibility index (Phi) is 10.3. The summed E-state index contributed by atoms with van der Waals surface area (Å²) in [6, 6.07) is 0. The van der Waals surface area contributed by atoms with Gasteiger partial charge in [-0.2, -0.15) is 0 Å². The van der Waals surface area contributed by atoms with Gasteiger partial charge >= 0.3 is 0 Å². The van der Waals surface area contributed by atoms with E-state index < -0.39 is 0 Å². The second-order valence-electron chi connectivity index (χ2n) is 2.72. The average Bonchev–Trinajstić information content (AvgIpc) is 2.16. The number of alkyl halides is 1. The molecule has 0 rings (SSSR count). The number of nitrogens with zero attached hydrogens (tertiary/aromatic N) is 1. The lowest BCUT2D eigenvalue weighted by Gasteiger charge is -1.85. The van der Waals surface area contributed by atoms with Crippen LogP contribution in [-0.4, -0.2) is 12.9 Å². The van der Waals surface area contributed by atoms with Crippen molar-refractivity contribution in [3.63, 3.8) is 0 Å². The van der Waals surface area contributed by atoms with Crippen molar-refractivity contribution in [2.45, 2.75) is 32.6 Å². The maximum atomic E-state index is 11.6. The number of unbranched alkanes of at least 4 members (excludes halogenated alkanes) is 2. The molecule has 0 bridgehead atoms. The highest BCUT2D eigenvalue weighted by molar-refractivity contribution is 5.57. The second kappa shape index (κ2) is 11.1. The molecule has 0 amide bonds. The number of hydrogen-bond acceptors (Lipinski definition) is 1. The van der Waals surface area contributed by atoms with Crippen LogP contribution in [-0.2, 0) is 0 Å². The van der Waals surface area contributed by atoms with E-state index in [9.17, 15) is 4.39 Å². The van der Waals surface area contributed by atoms with Gasteiger partial charge in [0.05, 0.1) is 0 Å². The van der Waals surface area contributed by atoms with E-state index in [1.807, 2.05) is 12.3 Å². The van der Waals surface area contributed by atoms with E-state index in [1.54, 1.807) is 12.3 Å². The molecule has 0 fully saturated rings. The first-order chi connectivity index (χ1) is 6.41. The van der Waals surface area contributed by atoms with E-state index in [2.05, 4.69) is 11.9 Å². The molecular weight excluding hydrogens is 165 g/mol. The molecular formula is C11H18FN. The van der Waals surface area contributed by atoms with E-state index in [4.69, 9.17) is 0 Å². The molecule has 0 N–H and O–H groups in total. The molecule has 0 saturated heterocycles. The molecule has 2 heteroatoms. The largest absolute Gasteiger partial charge is 0.269 e. The highest BCUT2D eigenvalue weighted by Gasteiger charge is 1.76. The fourth-order valence-electron chi connectivity index (χ4n) is 0.790. The van der Waals surface area contributed by atoms with Crippen molar-refractivity contribution < 1.29 is 4.39 Å². The molecule has 0 spiro atoms. The van der Waals surface area contributed by atoms with Crippen LogP contribution in [0.3, 0.4) is 0 Å². The average molecular weight is 183 g/mol. The minimum Gasteiger partial charge on any atom is -0.269 e. The molecule has 0 aromatic heterocycles. The maximum absolute atomic E-state index is 11.6. The van der Waals surface area contributed by atoms with E-state index in [0.29, 0.717) is 0 Å². The number of rotatable bonds is 7. The highest BCUT2D eigenvalue weighted by Crippen LogP contribution is 1.91. The predicted molar refractivity (Wildman–Crippen MR) is 56.9 cm³/mol. The monoisotopic (exact) mass is 183 g/mol. The summed E-state index contributed by atoms with van der Waals surface area (Å²) in [4.78, 5) is 4.07. The fourth-order valence-corrected chi connectivity index (χ4v) is 0.790. The third-order valence-corrected chi connectivity index (χ3v) is 1.51. The summed E-state index contributed by atoms with van der Waals surface area (Å²) in [6.45, 7) is 1.78. The molecule has 0 unspecified atom stereocenters. The fraction of sp³-hybridized carbons (Fsp3) is 0.545. The van der Waals surface area contributed by atoms with Crippen molar-refractivity contribution >= 4 is 6.21 Å². The van der Waals surface area contributed by atoms with E-state index in [1.165, 1.54) is 18.9 Å². The summed E-state index contributed by atoms with van der Waals surface area (Å²) in [5.74, 6) is 0. The van der Waals surface area contributed by atoms with Gasteiger partial charge in [0.2, 0.25) is 0 Å². The molecule has 0 atom stereocenters. The van der Waals surface area contributed by atoms with Crippen molar-refractivity contribution in [3.05, 3.63) is 24.4 Å². The molecule has 74 valence electrons. The van der Waals surface area contributed by atoms with Crippen molar-refractivity contribution in [2.24, 2.45) is 4.99 Å². The maximum Gasteiger partial charge on any atom is 0.108 e. The Morgan fingerprint density at radius 3 is 2.77 bits per heavy atom. The predicted octanol–water partition coefficient (Wildman–Crippen LogP) is 3.68. The summed E-state index contributed by atoms with van der Waals surface area (Å²) in [7, 11) is 0. The van der Waals surface area contributed by atoms with E-state index in [0.717, 1.165) is 12.8 Å². The zero-order chi connectivity index (χ0) is 9.78. The highest BCUT2D eigenvalue weighted by atomic mass is 19.1. The summed E-state index contributed by atoms with van der Waals surface area (Å²) in [6.07, 6.45) is 13.1. The quantitative estimate of drug-likeness (QED) is 0.324. The van der Waals surface area contributed by atoms with Crippen LogP contribution in [0.5, 0.6) is 0 Å². The van der Waals surface area contributed by atoms with Gasteiger partial charge in [-0.15, -0.1) is 0 Å².